The molecule has 5 rings (SSSR count). The lowest BCUT2D eigenvalue weighted by molar-refractivity contribution is -0.113. The Labute approximate surface area is 220 Å². The van der Waals surface area contributed by atoms with E-state index in [4.69, 9.17) is 4.74 Å². The molecule has 1 N–H and O–H groups in total. The summed E-state index contributed by atoms with van der Waals surface area (Å²) in [4.78, 5) is 18.0. The predicted octanol–water partition coefficient (Wildman–Crippen LogP) is 5.99. The Hall–Kier alpha value is -3.41. The number of rotatable bonds is 6. The van der Waals surface area contributed by atoms with Gasteiger partial charge in [0.15, 0.2) is 0 Å². The van der Waals surface area contributed by atoms with E-state index in [2.05, 4.69) is 84.7 Å². The molecule has 1 saturated heterocycles. The minimum atomic E-state index is -0.0756. The van der Waals surface area contributed by atoms with E-state index in [9.17, 15) is 4.79 Å². The fourth-order valence-corrected chi connectivity index (χ4v) is 5.19. The van der Waals surface area contributed by atoms with Gasteiger partial charge in [-0.15, -0.1) is 0 Å². The van der Waals surface area contributed by atoms with Crippen molar-refractivity contribution < 1.29 is 9.53 Å². The topological polar surface area (TPSA) is 44.8 Å². The molecule has 37 heavy (non-hydrogen) atoms. The number of ether oxygens (including phenoxy) is 1. The predicted molar refractivity (Wildman–Crippen MR) is 152 cm³/mol. The molecular weight excluding hydrogens is 458 g/mol. The molecule has 0 radical (unpaired) electrons. The molecule has 0 atom stereocenters. The number of carbonyl (C=O) groups is 1. The van der Waals surface area contributed by atoms with Gasteiger partial charge in [-0.3, -0.25) is 9.69 Å². The Kier molecular flexibility index (Phi) is 7.73. The van der Waals surface area contributed by atoms with Gasteiger partial charge in [0.25, 0.3) is 5.91 Å². The third-order valence-electron chi connectivity index (χ3n) is 7.60. The van der Waals surface area contributed by atoms with Crippen LogP contribution in [-0.2, 0) is 11.3 Å². The van der Waals surface area contributed by atoms with Gasteiger partial charge in [-0.25, -0.2) is 0 Å². The molecule has 192 valence electrons. The molecule has 3 aromatic rings. The van der Waals surface area contributed by atoms with E-state index in [0.717, 1.165) is 40.2 Å². The van der Waals surface area contributed by atoms with Crippen LogP contribution < -0.4 is 10.1 Å². The summed E-state index contributed by atoms with van der Waals surface area (Å²) >= 11 is 0. The highest BCUT2D eigenvalue weighted by Gasteiger charge is 2.21. The minimum Gasteiger partial charge on any atom is -0.493 e. The van der Waals surface area contributed by atoms with E-state index in [-0.39, 0.29) is 5.91 Å². The summed E-state index contributed by atoms with van der Waals surface area (Å²) in [7, 11) is 4.41. The zero-order valence-electron chi connectivity index (χ0n) is 22.2. The minimum absolute atomic E-state index is 0.0756. The quantitative estimate of drug-likeness (QED) is 0.456. The Balaban J connectivity index is 1.24. The van der Waals surface area contributed by atoms with Crippen LogP contribution in [0.25, 0.3) is 17.2 Å². The van der Waals surface area contributed by atoms with Gasteiger partial charge in [0.2, 0.25) is 0 Å². The van der Waals surface area contributed by atoms with Crippen LogP contribution in [0.1, 0.15) is 36.0 Å². The fourth-order valence-electron chi connectivity index (χ4n) is 5.19. The van der Waals surface area contributed by atoms with Crippen LogP contribution >= 0.6 is 0 Å². The van der Waals surface area contributed by atoms with Crippen molar-refractivity contribution in [1.82, 2.24) is 9.80 Å². The second-order valence-electron chi connectivity index (χ2n) is 10.5. The number of nitrogens with one attached hydrogen (secondary N) is 1. The first-order valence-electron chi connectivity index (χ1n) is 13.3. The summed E-state index contributed by atoms with van der Waals surface area (Å²) in [6.45, 7) is 5.82. The molecule has 0 saturated carbocycles. The molecule has 2 heterocycles. The summed E-state index contributed by atoms with van der Waals surface area (Å²) in [5.74, 6) is 0.741. The van der Waals surface area contributed by atoms with Gasteiger partial charge in [-0.1, -0.05) is 48.0 Å². The van der Waals surface area contributed by atoms with E-state index in [1.807, 2.05) is 24.3 Å². The summed E-state index contributed by atoms with van der Waals surface area (Å²) in [6, 6.07) is 23.6. The lowest BCUT2D eigenvalue weighted by atomic mass is 10.00. The van der Waals surface area contributed by atoms with Gasteiger partial charge in [0.1, 0.15) is 5.75 Å². The third kappa shape index (κ3) is 6.30. The Morgan fingerprint density at radius 2 is 1.70 bits per heavy atom. The third-order valence-corrected chi connectivity index (χ3v) is 7.60. The molecule has 0 bridgehead atoms. The number of amides is 1. The van der Waals surface area contributed by atoms with Gasteiger partial charge < -0.3 is 15.0 Å². The van der Waals surface area contributed by atoms with Crippen molar-refractivity contribution in [3.05, 3.63) is 89.0 Å². The largest absolute Gasteiger partial charge is 0.493 e. The van der Waals surface area contributed by atoms with E-state index in [1.165, 1.54) is 37.1 Å². The zero-order chi connectivity index (χ0) is 25.8. The van der Waals surface area contributed by atoms with Gasteiger partial charge in [-0.2, -0.15) is 0 Å². The molecule has 5 nitrogen and oxygen atoms in total. The van der Waals surface area contributed by atoms with Gasteiger partial charge in [-0.05, 0) is 94.0 Å². The first-order valence-corrected chi connectivity index (χ1v) is 13.3. The number of hydrogen-bond acceptors (Lipinski definition) is 4. The van der Waals surface area contributed by atoms with E-state index >= 15 is 0 Å². The van der Waals surface area contributed by atoms with Crippen molar-refractivity contribution in [2.24, 2.45) is 0 Å². The number of anilines is 1. The van der Waals surface area contributed by atoms with Crippen LogP contribution in [0.2, 0.25) is 0 Å². The van der Waals surface area contributed by atoms with Crippen molar-refractivity contribution in [2.45, 2.75) is 38.8 Å². The highest BCUT2D eigenvalue weighted by atomic mass is 16.5. The first kappa shape index (κ1) is 25.2. The lowest BCUT2D eigenvalue weighted by Gasteiger charge is -2.35. The van der Waals surface area contributed by atoms with E-state index in [0.29, 0.717) is 19.1 Å². The van der Waals surface area contributed by atoms with Crippen LogP contribution in [0.4, 0.5) is 5.69 Å². The molecule has 1 amide bonds. The van der Waals surface area contributed by atoms with Gasteiger partial charge in [0.05, 0.1) is 6.61 Å². The second-order valence-corrected chi connectivity index (χ2v) is 10.5. The number of benzene rings is 3. The Bertz CT molecular complexity index is 1260. The maximum absolute atomic E-state index is 13.2. The summed E-state index contributed by atoms with van der Waals surface area (Å²) < 4.78 is 5.96. The molecule has 0 aromatic heterocycles. The molecule has 0 aliphatic carbocycles. The number of nitrogens with zero attached hydrogens (tertiary/aromatic N) is 2. The number of carbonyl (C=O) groups excluding carboxylic acids is 1. The number of likely N-dealkylation sites (tertiary alicyclic amines) is 1. The summed E-state index contributed by atoms with van der Waals surface area (Å²) in [5, 5.41) is 3.09. The SMILES string of the molecule is Cc1ccc(-c2ccc3c(c2)C=C(C(=O)Nc2ccc(CN(C)C4CCN(C)CC4)cc2)CCO3)cc1. The summed E-state index contributed by atoms with van der Waals surface area (Å²) in [6.07, 6.45) is 4.98. The monoisotopic (exact) mass is 495 g/mol. The van der Waals surface area contributed by atoms with Crippen LogP contribution in [0.15, 0.2) is 72.3 Å². The molecule has 2 aliphatic heterocycles. The highest BCUT2D eigenvalue weighted by molar-refractivity contribution is 6.07. The van der Waals surface area contributed by atoms with E-state index < -0.39 is 0 Å². The number of aryl methyl sites for hydroxylation is 1. The lowest BCUT2D eigenvalue weighted by Crippen LogP contribution is -2.41. The smallest absolute Gasteiger partial charge is 0.251 e. The molecule has 0 spiro atoms. The van der Waals surface area contributed by atoms with Gasteiger partial charge >= 0.3 is 0 Å². The van der Waals surface area contributed by atoms with Crippen molar-refractivity contribution in [3.63, 3.8) is 0 Å². The molecule has 1 fully saturated rings. The van der Waals surface area contributed by atoms with Crippen molar-refractivity contribution in [3.8, 4) is 16.9 Å². The van der Waals surface area contributed by atoms with Gasteiger partial charge in [0, 0.05) is 35.8 Å². The van der Waals surface area contributed by atoms with Crippen molar-refractivity contribution >= 4 is 17.7 Å². The molecule has 0 unspecified atom stereocenters. The first-order chi connectivity index (χ1) is 17.9. The normalized spacial score (nSPS) is 16.5. The zero-order valence-corrected chi connectivity index (χ0v) is 22.2. The van der Waals surface area contributed by atoms with Crippen LogP contribution in [0, 0.1) is 6.92 Å². The summed E-state index contributed by atoms with van der Waals surface area (Å²) in [5.41, 5.74) is 7.24. The second kappa shape index (κ2) is 11.3. The average Bonchev–Trinajstić information content (AvgIpc) is 3.13. The fraction of sp³-hybridized carbons (Fsp3) is 0.344. The van der Waals surface area contributed by atoms with Crippen LogP contribution in [-0.4, -0.2) is 55.5 Å². The highest BCUT2D eigenvalue weighted by Crippen LogP contribution is 2.31. The van der Waals surface area contributed by atoms with Crippen LogP contribution in [0.5, 0.6) is 5.75 Å². The van der Waals surface area contributed by atoms with Crippen molar-refractivity contribution in [1.29, 1.82) is 0 Å². The average molecular weight is 496 g/mol. The maximum Gasteiger partial charge on any atom is 0.251 e. The maximum atomic E-state index is 13.2. The number of fused-ring (bicyclic) bond motifs is 1. The standard InChI is InChI=1S/C32H37N3O2/c1-23-4-8-25(9-5-23)26-10-13-31-28(20-26)21-27(16-19-37-31)32(36)33-29-11-6-24(7-12-29)22-35(3)30-14-17-34(2)18-15-30/h4-13,20-21,30H,14-19,22H2,1-3H3,(H,33,36). The Morgan fingerprint density at radius 3 is 2.43 bits per heavy atom. The molecule has 3 aromatic carbocycles. The van der Waals surface area contributed by atoms with Crippen LogP contribution in [0.3, 0.4) is 0 Å². The molecular formula is C32H37N3O2. The molecule has 5 heteroatoms. The van der Waals surface area contributed by atoms with Crippen molar-refractivity contribution in [2.75, 3.05) is 39.1 Å². The number of hydrogen-bond donors (Lipinski definition) is 1. The number of piperidine rings is 1. The van der Waals surface area contributed by atoms with E-state index in [1.54, 1.807) is 0 Å². The molecule has 2 aliphatic rings. The Morgan fingerprint density at radius 1 is 1.00 bits per heavy atom.